The lowest BCUT2D eigenvalue weighted by atomic mass is 10.1. The van der Waals surface area contributed by atoms with Gasteiger partial charge in [0.1, 0.15) is 0 Å². The van der Waals surface area contributed by atoms with E-state index < -0.39 is 16.7 Å². The number of rotatable bonds is 6. The average Bonchev–Trinajstić information content (AvgIpc) is 2.48. The Morgan fingerprint density at radius 3 is 2.21 bits per heavy atom. The van der Waals surface area contributed by atoms with Crippen LogP contribution in [-0.4, -0.2) is 6.79 Å². The lowest BCUT2D eigenvalue weighted by molar-refractivity contribution is 0.144. The molecule has 0 aliphatic heterocycles. The van der Waals surface area contributed by atoms with Gasteiger partial charge in [-0.3, -0.25) is 0 Å². The third-order valence-corrected chi connectivity index (χ3v) is 3.77. The first kappa shape index (κ1) is 14.0. The molecule has 0 N–H and O–H groups in total. The van der Waals surface area contributed by atoms with Gasteiger partial charge in [0.2, 0.25) is 5.30 Å². The van der Waals surface area contributed by atoms with E-state index in [-0.39, 0.29) is 6.79 Å². The molecule has 0 aliphatic rings. The summed E-state index contributed by atoms with van der Waals surface area (Å²) < 4.78 is 31.2. The highest BCUT2D eigenvalue weighted by Crippen LogP contribution is 2.24. The van der Waals surface area contributed by atoms with Crippen molar-refractivity contribution in [2.75, 3.05) is 6.79 Å². The summed E-state index contributed by atoms with van der Waals surface area (Å²) in [6, 6.07) is 17.2. The van der Waals surface area contributed by atoms with Crippen LogP contribution in [0.5, 0.6) is 0 Å². The van der Waals surface area contributed by atoms with Crippen molar-refractivity contribution >= 4 is 22.0 Å². The van der Waals surface area contributed by atoms with Crippen LogP contribution in [0, 0.1) is 0 Å². The quantitative estimate of drug-likeness (QED) is 0.463. The molecule has 0 bridgehead atoms. The van der Waals surface area contributed by atoms with Crippen molar-refractivity contribution in [2.24, 2.45) is 0 Å². The lowest BCUT2D eigenvalue weighted by Crippen LogP contribution is -1.98. The van der Waals surface area contributed by atoms with Crippen molar-refractivity contribution in [3.63, 3.8) is 0 Å². The summed E-state index contributed by atoms with van der Waals surface area (Å²) in [4.78, 5) is 0. The van der Waals surface area contributed by atoms with E-state index in [4.69, 9.17) is 4.52 Å². The van der Waals surface area contributed by atoms with E-state index in [1.807, 2.05) is 42.5 Å². The van der Waals surface area contributed by atoms with Crippen molar-refractivity contribution in [1.82, 2.24) is 0 Å². The zero-order valence-corrected chi connectivity index (χ0v) is 11.9. The summed E-state index contributed by atoms with van der Waals surface area (Å²) >= 11 is 0. The number of hydrogen-bond acceptors (Lipinski definition) is 4. The van der Waals surface area contributed by atoms with Crippen LogP contribution in [0.25, 0.3) is 11.1 Å². The first-order valence-corrected chi connectivity index (χ1v) is 7.55. The van der Waals surface area contributed by atoms with Crippen molar-refractivity contribution in [2.45, 2.75) is 0 Å². The maximum absolute atomic E-state index is 11.7. The molecule has 4 nitrogen and oxygen atoms in total. The topological polar surface area (TPSA) is 52.6 Å². The molecule has 0 aromatic heterocycles. The fraction of sp³-hybridized carbons (Fsp3) is 0.0769. The molecule has 0 aliphatic carbocycles. The first-order valence-electron chi connectivity index (χ1n) is 5.56. The Morgan fingerprint density at radius 1 is 0.947 bits per heavy atom. The average molecular weight is 294 g/mol. The molecule has 0 saturated heterocycles. The standard InChI is InChI=1S/C13H12O4P2/c14-18-16-10-17-19(15)13-8-6-12(7-9-13)11-4-2-1-3-5-11/h1-9,18H,10H2/q+2. The Labute approximate surface area is 113 Å². The van der Waals surface area contributed by atoms with Crippen LogP contribution in [0.3, 0.4) is 0 Å². The van der Waals surface area contributed by atoms with Gasteiger partial charge in [-0.05, 0) is 44.5 Å². The van der Waals surface area contributed by atoms with Crippen LogP contribution >= 0.6 is 16.7 Å². The summed E-state index contributed by atoms with van der Waals surface area (Å²) in [7, 11) is -2.89. The summed E-state index contributed by atoms with van der Waals surface area (Å²) in [5.74, 6) is 0. The van der Waals surface area contributed by atoms with Crippen molar-refractivity contribution in [3.05, 3.63) is 54.6 Å². The van der Waals surface area contributed by atoms with E-state index in [0.717, 1.165) is 11.1 Å². The molecular formula is C13H12O4P2+2. The smallest absolute Gasteiger partial charge is 0.114 e. The van der Waals surface area contributed by atoms with Crippen LogP contribution < -0.4 is 5.30 Å². The molecule has 2 aromatic carbocycles. The molecule has 6 heteroatoms. The minimum absolute atomic E-state index is 0.239. The van der Waals surface area contributed by atoms with Crippen LogP contribution in [0.2, 0.25) is 0 Å². The third-order valence-electron chi connectivity index (χ3n) is 2.47. The van der Waals surface area contributed by atoms with Crippen molar-refractivity contribution in [1.29, 1.82) is 0 Å². The molecule has 2 rings (SSSR count). The molecule has 19 heavy (non-hydrogen) atoms. The van der Waals surface area contributed by atoms with Crippen LogP contribution in [0.4, 0.5) is 0 Å². The van der Waals surface area contributed by atoms with Gasteiger partial charge in [0.05, 0.1) is 0 Å². The Bertz CT molecular complexity index is 555. The fourth-order valence-corrected chi connectivity index (χ4v) is 2.48. The van der Waals surface area contributed by atoms with Gasteiger partial charge in [0.15, 0.2) is 0 Å². The summed E-state index contributed by atoms with van der Waals surface area (Å²) in [5.41, 5.74) is 2.14. The number of hydrogen-bond donors (Lipinski definition) is 0. The van der Waals surface area contributed by atoms with Gasteiger partial charge >= 0.3 is 16.7 Å². The van der Waals surface area contributed by atoms with Crippen molar-refractivity contribution < 1.29 is 18.2 Å². The first-order chi connectivity index (χ1) is 9.31. The van der Waals surface area contributed by atoms with Crippen LogP contribution in [0.1, 0.15) is 0 Å². The molecule has 0 fully saturated rings. The Morgan fingerprint density at radius 2 is 1.58 bits per heavy atom. The molecule has 2 atom stereocenters. The molecule has 2 unspecified atom stereocenters. The highest BCUT2D eigenvalue weighted by Gasteiger charge is 2.22. The minimum atomic E-state index is -1.98. The van der Waals surface area contributed by atoms with Gasteiger partial charge in [0.25, 0.3) is 6.79 Å². The van der Waals surface area contributed by atoms with E-state index in [9.17, 15) is 9.13 Å². The monoisotopic (exact) mass is 294 g/mol. The summed E-state index contributed by atoms with van der Waals surface area (Å²) in [6.07, 6.45) is 0. The minimum Gasteiger partial charge on any atom is -0.114 e. The predicted molar refractivity (Wildman–Crippen MR) is 75.2 cm³/mol. The van der Waals surface area contributed by atoms with Crippen LogP contribution in [0.15, 0.2) is 54.6 Å². The molecule has 0 saturated carbocycles. The van der Waals surface area contributed by atoms with Crippen LogP contribution in [-0.2, 0) is 18.2 Å². The van der Waals surface area contributed by atoms with E-state index in [2.05, 4.69) is 4.52 Å². The highest BCUT2D eigenvalue weighted by atomic mass is 31.1. The van der Waals surface area contributed by atoms with Gasteiger partial charge in [-0.1, -0.05) is 30.3 Å². The van der Waals surface area contributed by atoms with E-state index in [1.54, 1.807) is 12.1 Å². The molecule has 0 heterocycles. The zero-order valence-electron chi connectivity index (χ0n) is 9.98. The molecule has 96 valence electrons. The molecular weight excluding hydrogens is 282 g/mol. The third kappa shape index (κ3) is 4.02. The normalized spacial score (nSPS) is 11.5. The second-order valence-corrected chi connectivity index (χ2v) is 5.39. The molecule has 2 aromatic rings. The second-order valence-electron chi connectivity index (χ2n) is 3.64. The SMILES string of the molecule is O=[PH+]OCO[P+](=O)c1ccc(-c2ccccc2)cc1. The van der Waals surface area contributed by atoms with E-state index in [1.165, 1.54) is 0 Å². The largest absolute Gasteiger partial charge is 0.551 e. The summed E-state index contributed by atoms with van der Waals surface area (Å²) in [5, 5.41) is 0.576. The highest BCUT2D eigenvalue weighted by molar-refractivity contribution is 7.48. The van der Waals surface area contributed by atoms with Gasteiger partial charge in [-0.15, -0.1) is 9.05 Å². The predicted octanol–water partition coefficient (Wildman–Crippen LogP) is 3.65. The Kier molecular flexibility index (Phi) is 5.31. The molecule has 0 amide bonds. The van der Waals surface area contributed by atoms with Crippen molar-refractivity contribution in [3.8, 4) is 11.1 Å². The molecule has 0 spiro atoms. The van der Waals surface area contributed by atoms with E-state index in [0.29, 0.717) is 5.30 Å². The fourth-order valence-electron chi connectivity index (χ4n) is 1.58. The van der Waals surface area contributed by atoms with Gasteiger partial charge in [0, 0.05) is 0 Å². The zero-order chi connectivity index (χ0) is 13.5. The van der Waals surface area contributed by atoms with Gasteiger partial charge in [-0.2, -0.15) is 0 Å². The Hall–Kier alpha value is -1.44. The Balaban J connectivity index is 2.06. The lowest BCUT2D eigenvalue weighted by Gasteiger charge is -1.99. The summed E-state index contributed by atoms with van der Waals surface area (Å²) in [6.45, 7) is -0.239. The van der Waals surface area contributed by atoms with E-state index >= 15 is 0 Å². The number of benzene rings is 2. The second kappa shape index (κ2) is 7.22. The maximum atomic E-state index is 11.7. The maximum Gasteiger partial charge on any atom is 0.551 e. The molecule has 0 radical (unpaired) electrons. The van der Waals surface area contributed by atoms with Gasteiger partial charge in [-0.25, -0.2) is 0 Å². The van der Waals surface area contributed by atoms with Gasteiger partial charge < -0.3 is 0 Å².